The highest BCUT2D eigenvalue weighted by atomic mass is 35.5. The number of carboxylic acid groups (broad SMARTS) is 1. The van der Waals surface area contributed by atoms with Gasteiger partial charge in [0.1, 0.15) is 11.7 Å². The number of aryl methyl sites for hydroxylation is 1. The maximum Gasteiger partial charge on any atom is 0.303 e. The molecular formula is C26H27Cl2N3O4. The third-order valence-corrected chi connectivity index (χ3v) is 6.58. The van der Waals surface area contributed by atoms with E-state index < -0.39 is 5.97 Å². The molecular weight excluding hydrogens is 489 g/mol. The van der Waals surface area contributed by atoms with Crippen LogP contribution in [-0.4, -0.2) is 33.0 Å². The van der Waals surface area contributed by atoms with Gasteiger partial charge in [-0.3, -0.25) is 9.59 Å². The molecule has 1 N–H and O–H groups in total. The van der Waals surface area contributed by atoms with E-state index in [0.29, 0.717) is 51.8 Å². The van der Waals surface area contributed by atoms with Gasteiger partial charge >= 0.3 is 5.97 Å². The number of Topliss-reactive ketones (excluding diaryl/α,β-unsaturated/α-hetero) is 1. The number of nitriles is 1. The number of aliphatic carboxylic acids is 1. The van der Waals surface area contributed by atoms with Gasteiger partial charge in [-0.25, -0.2) is 4.98 Å². The van der Waals surface area contributed by atoms with Gasteiger partial charge in [0.25, 0.3) is 0 Å². The van der Waals surface area contributed by atoms with Gasteiger partial charge in [0.15, 0.2) is 5.78 Å². The van der Waals surface area contributed by atoms with Crippen molar-refractivity contribution < 1.29 is 19.4 Å². The molecule has 9 heteroatoms. The second kappa shape index (κ2) is 12.2. The number of rotatable bonds is 12. The molecule has 1 atom stereocenters. The van der Waals surface area contributed by atoms with Crippen LogP contribution in [0, 0.1) is 17.2 Å². The first-order valence-electron chi connectivity index (χ1n) is 11.4. The van der Waals surface area contributed by atoms with Crippen molar-refractivity contribution in [1.29, 1.82) is 5.26 Å². The van der Waals surface area contributed by atoms with Crippen molar-refractivity contribution in [3.05, 3.63) is 62.9 Å². The molecule has 35 heavy (non-hydrogen) atoms. The topological polar surface area (TPSA) is 105 Å². The Morgan fingerprint density at radius 3 is 2.60 bits per heavy atom. The Bertz CT molecular complexity index is 1260. The molecule has 2 aromatic heterocycles. The van der Waals surface area contributed by atoms with Crippen LogP contribution in [0.5, 0.6) is 0 Å². The molecule has 184 valence electrons. The standard InChI is InChI=1S/C26H27Cl2N3O4/c1-16(11-24(33)34)10-23(32)25-18-12-17(13-29)14-30-26(18)31(2)22(25)8-3-4-9-35-15-19-20(27)6-5-7-21(19)28/h5-7,12,14,16H,3-4,8-11,15H2,1-2H3,(H,33,34). The van der Waals surface area contributed by atoms with E-state index in [9.17, 15) is 14.9 Å². The highest BCUT2D eigenvalue weighted by Crippen LogP contribution is 2.29. The molecule has 1 aromatic carbocycles. The van der Waals surface area contributed by atoms with Gasteiger partial charge in [-0.2, -0.15) is 5.26 Å². The summed E-state index contributed by atoms with van der Waals surface area (Å²) in [5, 5.41) is 20.1. The van der Waals surface area contributed by atoms with Gasteiger partial charge in [0.05, 0.1) is 12.2 Å². The van der Waals surface area contributed by atoms with Crippen LogP contribution in [0.1, 0.15) is 59.8 Å². The minimum atomic E-state index is -0.935. The summed E-state index contributed by atoms with van der Waals surface area (Å²) in [5.41, 5.74) is 3.09. The molecule has 0 spiro atoms. The van der Waals surface area contributed by atoms with Gasteiger partial charge in [0.2, 0.25) is 0 Å². The number of halogens is 2. The summed E-state index contributed by atoms with van der Waals surface area (Å²) in [5.74, 6) is -1.38. The lowest BCUT2D eigenvalue weighted by molar-refractivity contribution is -0.137. The molecule has 0 saturated carbocycles. The number of ketones is 1. The van der Waals surface area contributed by atoms with E-state index in [1.165, 1.54) is 6.20 Å². The zero-order valence-electron chi connectivity index (χ0n) is 19.7. The number of nitrogens with zero attached hydrogens (tertiary/aromatic N) is 3. The van der Waals surface area contributed by atoms with Crippen molar-refractivity contribution >= 4 is 46.0 Å². The number of fused-ring (bicyclic) bond motifs is 1. The Hall–Kier alpha value is -2.92. The van der Waals surface area contributed by atoms with Gasteiger partial charge in [-0.05, 0) is 43.4 Å². The van der Waals surface area contributed by atoms with Crippen LogP contribution in [0.2, 0.25) is 10.0 Å². The molecule has 7 nitrogen and oxygen atoms in total. The normalized spacial score (nSPS) is 12.0. The van der Waals surface area contributed by atoms with E-state index >= 15 is 0 Å². The Labute approximate surface area is 214 Å². The summed E-state index contributed by atoms with van der Waals surface area (Å²) in [6.07, 6.45) is 3.64. The number of hydrogen-bond acceptors (Lipinski definition) is 5. The Morgan fingerprint density at radius 1 is 1.23 bits per heavy atom. The predicted octanol–water partition coefficient (Wildman–Crippen LogP) is 5.97. The fraction of sp³-hybridized carbons (Fsp3) is 0.385. The summed E-state index contributed by atoms with van der Waals surface area (Å²) in [7, 11) is 1.85. The number of aromatic nitrogens is 2. The Morgan fingerprint density at radius 2 is 1.94 bits per heavy atom. The molecule has 3 aromatic rings. The third-order valence-electron chi connectivity index (χ3n) is 5.87. The van der Waals surface area contributed by atoms with Crippen molar-refractivity contribution in [3.63, 3.8) is 0 Å². The van der Waals surface area contributed by atoms with Crippen LogP contribution in [0.15, 0.2) is 30.5 Å². The van der Waals surface area contributed by atoms with Crippen molar-refractivity contribution in [1.82, 2.24) is 9.55 Å². The van der Waals surface area contributed by atoms with Crippen LogP contribution in [0.25, 0.3) is 11.0 Å². The smallest absolute Gasteiger partial charge is 0.303 e. The lowest BCUT2D eigenvalue weighted by Gasteiger charge is -2.11. The Balaban J connectivity index is 1.72. The van der Waals surface area contributed by atoms with Crippen LogP contribution >= 0.6 is 23.2 Å². The number of benzene rings is 1. The molecule has 0 fully saturated rings. The van der Waals surface area contributed by atoms with E-state index in [4.69, 9.17) is 33.0 Å². The molecule has 0 aliphatic carbocycles. The van der Waals surface area contributed by atoms with E-state index in [2.05, 4.69) is 11.1 Å². The fourth-order valence-electron chi connectivity index (χ4n) is 4.15. The number of pyridine rings is 1. The summed E-state index contributed by atoms with van der Waals surface area (Å²) in [6.45, 7) is 2.57. The van der Waals surface area contributed by atoms with Gasteiger partial charge in [0, 0.05) is 64.9 Å². The summed E-state index contributed by atoms with van der Waals surface area (Å²) in [6, 6.07) is 9.08. The summed E-state index contributed by atoms with van der Waals surface area (Å²) in [4.78, 5) is 28.7. The van der Waals surface area contributed by atoms with Crippen LogP contribution < -0.4 is 0 Å². The molecule has 2 heterocycles. The molecule has 1 unspecified atom stereocenters. The first-order valence-corrected chi connectivity index (χ1v) is 12.1. The molecule has 0 amide bonds. The summed E-state index contributed by atoms with van der Waals surface area (Å²) < 4.78 is 7.64. The largest absolute Gasteiger partial charge is 0.481 e. The lowest BCUT2D eigenvalue weighted by Crippen LogP contribution is -2.12. The maximum atomic E-state index is 13.3. The average Bonchev–Trinajstić information content (AvgIpc) is 3.08. The van der Waals surface area contributed by atoms with E-state index in [1.807, 2.05) is 11.6 Å². The third kappa shape index (κ3) is 6.61. The molecule has 3 rings (SSSR count). The maximum absolute atomic E-state index is 13.3. The second-order valence-corrected chi connectivity index (χ2v) is 9.44. The minimum Gasteiger partial charge on any atom is -0.481 e. The van der Waals surface area contributed by atoms with Crippen molar-refractivity contribution in [2.45, 2.75) is 45.6 Å². The Kier molecular flexibility index (Phi) is 9.27. The van der Waals surface area contributed by atoms with Crippen LogP contribution in [0.4, 0.5) is 0 Å². The van der Waals surface area contributed by atoms with Crippen LogP contribution in [0.3, 0.4) is 0 Å². The zero-order chi connectivity index (χ0) is 25.5. The van der Waals surface area contributed by atoms with Gasteiger partial charge in [-0.15, -0.1) is 0 Å². The molecule has 0 bridgehead atoms. The molecule has 0 saturated heterocycles. The quantitative estimate of drug-likeness (QED) is 0.235. The number of ether oxygens (including phenoxy) is 1. The number of carboxylic acids is 1. The SMILES string of the molecule is CC(CC(=O)O)CC(=O)c1c(CCCCOCc2c(Cl)cccc2Cl)n(C)c2ncc(C#N)cc12. The molecule has 0 aliphatic heterocycles. The van der Waals surface area contributed by atoms with E-state index in [-0.39, 0.29) is 24.5 Å². The number of hydrogen-bond donors (Lipinski definition) is 1. The van der Waals surface area contributed by atoms with Crippen LogP contribution in [-0.2, 0) is 29.6 Å². The van der Waals surface area contributed by atoms with Gasteiger partial charge in [-0.1, -0.05) is 36.2 Å². The number of unbranched alkanes of at least 4 members (excludes halogenated alkanes) is 1. The number of carbonyl (C=O) groups excluding carboxylic acids is 1. The number of carbonyl (C=O) groups is 2. The molecule has 0 radical (unpaired) electrons. The average molecular weight is 516 g/mol. The van der Waals surface area contributed by atoms with Crippen molar-refractivity contribution in [2.75, 3.05) is 6.61 Å². The second-order valence-electron chi connectivity index (χ2n) is 8.63. The highest BCUT2D eigenvalue weighted by molar-refractivity contribution is 6.35. The zero-order valence-corrected chi connectivity index (χ0v) is 21.2. The van der Waals surface area contributed by atoms with E-state index in [0.717, 1.165) is 24.1 Å². The first-order chi connectivity index (χ1) is 16.7. The minimum absolute atomic E-state index is 0.0830. The summed E-state index contributed by atoms with van der Waals surface area (Å²) >= 11 is 12.4. The predicted molar refractivity (Wildman–Crippen MR) is 135 cm³/mol. The van der Waals surface area contributed by atoms with Crippen molar-refractivity contribution in [3.8, 4) is 6.07 Å². The highest BCUT2D eigenvalue weighted by Gasteiger charge is 2.24. The van der Waals surface area contributed by atoms with Gasteiger partial charge < -0.3 is 14.4 Å². The van der Waals surface area contributed by atoms with Crippen molar-refractivity contribution in [2.24, 2.45) is 13.0 Å². The lowest BCUT2D eigenvalue weighted by atomic mass is 9.94. The monoisotopic (exact) mass is 515 g/mol. The molecule has 0 aliphatic rings. The van der Waals surface area contributed by atoms with E-state index in [1.54, 1.807) is 31.2 Å². The first kappa shape index (κ1) is 26.7. The fourth-order valence-corrected chi connectivity index (χ4v) is 4.66.